The molecule has 0 aliphatic carbocycles. The molecular formula is C18H24N2. The molecular weight excluding hydrogens is 244 g/mol. The van der Waals surface area contributed by atoms with E-state index in [0.29, 0.717) is 12.1 Å². The van der Waals surface area contributed by atoms with Gasteiger partial charge in [-0.25, -0.2) is 0 Å². The fourth-order valence-corrected chi connectivity index (χ4v) is 3.25. The number of piperidine rings is 1. The fraction of sp³-hybridized carbons (Fsp3) is 0.444. The van der Waals surface area contributed by atoms with E-state index in [9.17, 15) is 0 Å². The number of nitrogens with one attached hydrogen (secondary N) is 2. The van der Waals surface area contributed by atoms with Gasteiger partial charge in [-0.1, -0.05) is 42.8 Å². The number of hydrogen-bond donors (Lipinski definition) is 2. The lowest BCUT2D eigenvalue weighted by Crippen LogP contribution is -2.37. The molecule has 1 saturated heterocycles. The van der Waals surface area contributed by atoms with Gasteiger partial charge in [0.2, 0.25) is 0 Å². The largest absolute Gasteiger partial charge is 0.314 e. The van der Waals surface area contributed by atoms with Crippen molar-refractivity contribution in [3.63, 3.8) is 0 Å². The number of rotatable bonds is 4. The number of benzene rings is 2. The highest BCUT2D eigenvalue weighted by molar-refractivity contribution is 5.83. The van der Waals surface area contributed by atoms with Gasteiger partial charge in [-0.2, -0.15) is 0 Å². The molecule has 0 amide bonds. The Labute approximate surface area is 121 Å². The molecule has 2 unspecified atom stereocenters. The van der Waals surface area contributed by atoms with Gasteiger partial charge < -0.3 is 10.6 Å². The highest BCUT2D eigenvalue weighted by Gasteiger charge is 2.18. The van der Waals surface area contributed by atoms with Crippen molar-refractivity contribution in [3.8, 4) is 0 Å². The van der Waals surface area contributed by atoms with Crippen LogP contribution >= 0.6 is 0 Å². The van der Waals surface area contributed by atoms with Crippen LogP contribution < -0.4 is 10.6 Å². The summed E-state index contributed by atoms with van der Waals surface area (Å²) in [4.78, 5) is 0. The molecule has 0 aromatic heterocycles. The topological polar surface area (TPSA) is 24.1 Å². The Morgan fingerprint density at radius 1 is 1.15 bits per heavy atom. The summed E-state index contributed by atoms with van der Waals surface area (Å²) < 4.78 is 0. The van der Waals surface area contributed by atoms with E-state index < -0.39 is 0 Å². The number of hydrogen-bond acceptors (Lipinski definition) is 2. The predicted octanol–water partition coefficient (Wildman–Crippen LogP) is 3.63. The van der Waals surface area contributed by atoms with Crippen LogP contribution in [0.2, 0.25) is 0 Å². The lowest BCUT2D eigenvalue weighted by atomic mass is 9.93. The molecule has 0 saturated carbocycles. The van der Waals surface area contributed by atoms with Crippen LogP contribution in [-0.4, -0.2) is 19.6 Å². The minimum atomic E-state index is 0.440. The summed E-state index contributed by atoms with van der Waals surface area (Å²) >= 11 is 0. The molecule has 0 spiro atoms. The zero-order valence-electron chi connectivity index (χ0n) is 12.2. The second-order valence-corrected chi connectivity index (χ2v) is 5.83. The molecule has 2 atom stereocenters. The molecule has 2 N–H and O–H groups in total. The Morgan fingerprint density at radius 2 is 2.00 bits per heavy atom. The maximum absolute atomic E-state index is 3.65. The van der Waals surface area contributed by atoms with Crippen LogP contribution in [0, 0.1) is 0 Å². The van der Waals surface area contributed by atoms with Crippen molar-refractivity contribution < 1.29 is 0 Å². The SMILES string of the molecule is CNC(CC1CCCCN1)c1ccc2ccccc2c1. The van der Waals surface area contributed by atoms with Gasteiger partial charge in [0.15, 0.2) is 0 Å². The van der Waals surface area contributed by atoms with E-state index in [-0.39, 0.29) is 0 Å². The van der Waals surface area contributed by atoms with Gasteiger partial charge in [0, 0.05) is 12.1 Å². The Kier molecular flexibility index (Phi) is 4.34. The third kappa shape index (κ3) is 3.02. The van der Waals surface area contributed by atoms with Crippen LogP contribution in [0.1, 0.15) is 37.3 Å². The van der Waals surface area contributed by atoms with Gasteiger partial charge in [0.1, 0.15) is 0 Å². The van der Waals surface area contributed by atoms with Crippen molar-refractivity contribution in [1.29, 1.82) is 0 Å². The average molecular weight is 268 g/mol. The molecule has 1 aliphatic heterocycles. The Morgan fingerprint density at radius 3 is 2.75 bits per heavy atom. The monoisotopic (exact) mass is 268 g/mol. The van der Waals surface area contributed by atoms with Crippen molar-refractivity contribution >= 4 is 10.8 Å². The zero-order valence-corrected chi connectivity index (χ0v) is 12.2. The third-order valence-corrected chi connectivity index (χ3v) is 4.46. The highest BCUT2D eigenvalue weighted by Crippen LogP contribution is 2.25. The van der Waals surface area contributed by atoms with Gasteiger partial charge in [-0.15, -0.1) is 0 Å². The van der Waals surface area contributed by atoms with Crippen molar-refractivity contribution in [3.05, 3.63) is 48.0 Å². The van der Waals surface area contributed by atoms with Gasteiger partial charge >= 0.3 is 0 Å². The summed E-state index contributed by atoms with van der Waals surface area (Å²) in [5.74, 6) is 0. The predicted molar refractivity (Wildman–Crippen MR) is 86.0 cm³/mol. The molecule has 1 heterocycles. The lowest BCUT2D eigenvalue weighted by molar-refractivity contribution is 0.347. The van der Waals surface area contributed by atoms with E-state index in [2.05, 4.69) is 60.1 Å². The smallest absolute Gasteiger partial charge is 0.0332 e. The van der Waals surface area contributed by atoms with E-state index in [1.807, 2.05) is 0 Å². The van der Waals surface area contributed by atoms with E-state index in [4.69, 9.17) is 0 Å². The fourth-order valence-electron chi connectivity index (χ4n) is 3.25. The third-order valence-electron chi connectivity index (χ3n) is 4.46. The highest BCUT2D eigenvalue weighted by atomic mass is 14.9. The van der Waals surface area contributed by atoms with E-state index in [0.717, 1.165) is 0 Å². The molecule has 2 aromatic carbocycles. The second kappa shape index (κ2) is 6.38. The summed E-state index contributed by atoms with van der Waals surface area (Å²) in [5.41, 5.74) is 1.40. The van der Waals surface area contributed by atoms with E-state index in [1.54, 1.807) is 0 Å². The summed E-state index contributed by atoms with van der Waals surface area (Å²) in [6, 6.07) is 16.5. The Hall–Kier alpha value is -1.38. The minimum absolute atomic E-state index is 0.440. The maximum Gasteiger partial charge on any atom is 0.0332 e. The molecule has 1 aliphatic rings. The second-order valence-electron chi connectivity index (χ2n) is 5.83. The zero-order chi connectivity index (χ0) is 13.8. The lowest BCUT2D eigenvalue weighted by Gasteiger charge is -2.28. The van der Waals surface area contributed by atoms with Crippen molar-refractivity contribution in [1.82, 2.24) is 10.6 Å². The summed E-state index contributed by atoms with van der Waals surface area (Å²) in [6.45, 7) is 1.18. The first kappa shape index (κ1) is 13.6. The normalized spacial score (nSPS) is 20.9. The maximum atomic E-state index is 3.65. The summed E-state index contributed by atoms with van der Waals surface area (Å²) in [5, 5.41) is 9.80. The molecule has 1 fully saturated rings. The van der Waals surface area contributed by atoms with Crippen LogP contribution in [0.25, 0.3) is 10.8 Å². The van der Waals surface area contributed by atoms with Gasteiger partial charge in [-0.3, -0.25) is 0 Å². The molecule has 20 heavy (non-hydrogen) atoms. The minimum Gasteiger partial charge on any atom is -0.314 e. The average Bonchev–Trinajstić information content (AvgIpc) is 2.53. The van der Waals surface area contributed by atoms with Crippen LogP contribution in [0.4, 0.5) is 0 Å². The quantitative estimate of drug-likeness (QED) is 0.884. The molecule has 106 valence electrons. The number of fused-ring (bicyclic) bond motifs is 1. The van der Waals surface area contributed by atoms with Crippen LogP contribution in [-0.2, 0) is 0 Å². The molecule has 0 bridgehead atoms. The van der Waals surface area contributed by atoms with Crippen LogP contribution in [0.5, 0.6) is 0 Å². The summed E-state index contributed by atoms with van der Waals surface area (Å²) in [7, 11) is 2.07. The standard InChI is InChI=1S/C18H24N2/c1-19-18(13-17-8-4-5-11-20-17)16-10-9-14-6-2-3-7-15(14)12-16/h2-3,6-7,9-10,12,17-20H,4-5,8,11,13H2,1H3. The first-order valence-corrected chi connectivity index (χ1v) is 7.76. The van der Waals surface area contributed by atoms with Crippen LogP contribution in [0.3, 0.4) is 0 Å². The van der Waals surface area contributed by atoms with Gasteiger partial charge in [0.05, 0.1) is 0 Å². The molecule has 3 rings (SSSR count). The van der Waals surface area contributed by atoms with Crippen molar-refractivity contribution in [2.24, 2.45) is 0 Å². The van der Waals surface area contributed by atoms with E-state index >= 15 is 0 Å². The van der Waals surface area contributed by atoms with Crippen molar-refractivity contribution in [2.75, 3.05) is 13.6 Å². The van der Waals surface area contributed by atoms with Crippen LogP contribution in [0.15, 0.2) is 42.5 Å². The van der Waals surface area contributed by atoms with Gasteiger partial charge in [0.25, 0.3) is 0 Å². The Bertz CT molecular complexity index is 558. The van der Waals surface area contributed by atoms with E-state index in [1.165, 1.54) is 48.6 Å². The van der Waals surface area contributed by atoms with Crippen molar-refractivity contribution in [2.45, 2.75) is 37.8 Å². The first-order chi connectivity index (χ1) is 9.86. The molecule has 0 radical (unpaired) electrons. The summed E-state index contributed by atoms with van der Waals surface area (Å²) in [6.07, 6.45) is 5.18. The molecule has 2 nitrogen and oxygen atoms in total. The molecule has 2 aromatic rings. The van der Waals surface area contributed by atoms with Gasteiger partial charge in [-0.05, 0) is 55.3 Å². The Balaban J connectivity index is 1.79. The first-order valence-electron chi connectivity index (χ1n) is 7.76. The molecule has 2 heteroatoms.